The van der Waals surface area contributed by atoms with Gasteiger partial charge < -0.3 is 4.90 Å². The minimum absolute atomic E-state index is 0.0961. The van der Waals surface area contributed by atoms with Gasteiger partial charge >= 0.3 is 0 Å². The number of H-pyrrole nitrogens is 1. The number of Topliss-reactive ketones (excluding diaryl/α,β-unsaturated/α-hetero) is 1. The van der Waals surface area contributed by atoms with Crippen molar-refractivity contribution in [1.82, 2.24) is 29.3 Å². The predicted molar refractivity (Wildman–Crippen MR) is 109 cm³/mol. The van der Waals surface area contributed by atoms with Crippen LogP contribution in [0.3, 0.4) is 0 Å². The minimum atomic E-state index is -0.272. The van der Waals surface area contributed by atoms with Gasteiger partial charge in [0.15, 0.2) is 0 Å². The van der Waals surface area contributed by atoms with Gasteiger partial charge in [0, 0.05) is 31.1 Å². The van der Waals surface area contributed by atoms with Crippen LogP contribution >= 0.6 is 0 Å². The number of nitrogens with one attached hydrogen (secondary N) is 1. The van der Waals surface area contributed by atoms with Gasteiger partial charge in [-0.15, -0.1) is 5.10 Å². The zero-order chi connectivity index (χ0) is 20.9. The molecular formula is C21H24N6O3. The number of carbonyl (C=O) groups excluding carboxylic acids is 2. The number of amides is 1. The van der Waals surface area contributed by atoms with Gasteiger partial charge in [0.25, 0.3) is 11.5 Å². The summed E-state index contributed by atoms with van der Waals surface area (Å²) >= 11 is 0. The summed E-state index contributed by atoms with van der Waals surface area (Å²) in [6.07, 6.45) is 8.41. The molecule has 0 bridgehead atoms. The molecule has 1 saturated heterocycles. The van der Waals surface area contributed by atoms with Gasteiger partial charge in [0.2, 0.25) is 5.95 Å². The zero-order valence-corrected chi connectivity index (χ0v) is 16.9. The first kappa shape index (κ1) is 18.8. The first-order valence-electron chi connectivity index (χ1n) is 10.4. The van der Waals surface area contributed by atoms with Crippen LogP contribution in [0.4, 0.5) is 0 Å². The van der Waals surface area contributed by atoms with Crippen molar-refractivity contribution in [2.24, 2.45) is 5.41 Å². The third-order valence-corrected chi connectivity index (χ3v) is 6.74. The summed E-state index contributed by atoms with van der Waals surface area (Å²) in [7, 11) is 0. The molecule has 1 amide bonds. The predicted octanol–water partition coefficient (Wildman–Crippen LogP) is 1.88. The first-order chi connectivity index (χ1) is 14.5. The normalized spacial score (nSPS) is 19.0. The van der Waals surface area contributed by atoms with E-state index in [1.165, 1.54) is 15.4 Å². The number of aromatic nitrogens is 5. The average molecular weight is 408 g/mol. The highest BCUT2D eigenvalue weighted by Crippen LogP contribution is 2.42. The van der Waals surface area contributed by atoms with E-state index < -0.39 is 0 Å². The molecule has 1 aliphatic carbocycles. The van der Waals surface area contributed by atoms with E-state index in [-0.39, 0.29) is 22.8 Å². The molecule has 4 heterocycles. The minimum Gasteiger partial charge on any atom is -0.338 e. The molecule has 30 heavy (non-hydrogen) atoms. The van der Waals surface area contributed by atoms with Gasteiger partial charge in [0.05, 0.1) is 17.5 Å². The van der Waals surface area contributed by atoms with Crippen molar-refractivity contribution in [3.63, 3.8) is 0 Å². The molecule has 2 aliphatic rings. The number of piperidine rings is 1. The highest BCUT2D eigenvalue weighted by atomic mass is 16.2. The molecule has 2 fully saturated rings. The highest BCUT2D eigenvalue weighted by molar-refractivity contribution is 5.95. The largest absolute Gasteiger partial charge is 0.338 e. The van der Waals surface area contributed by atoms with E-state index >= 15 is 0 Å². The summed E-state index contributed by atoms with van der Waals surface area (Å²) in [4.78, 5) is 42.4. The molecule has 1 N–H and O–H groups in total. The monoisotopic (exact) mass is 408 g/mol. The van der Waals surface area contributed by atoms with Crippen molar-refractivity contribution < 1.29 is 9.59 Å². The Morgan fingerprint density at radius 3 is 2.73 bits per heavy atom. The molecule has 0 atom stereocenters. The third-order valence-electron chi connectivity index (χ3n) is 6.74. The van der Waals surface area contributed by atoms with Crippen molar-refractivity contribution >= 4 is 17.2 Å². The number of hydrogen-bond donors (Lipinski definition) is 1. The van der Waals surface area contributed by atoms with E-state index in [0.29, 0.717) is 42.1 Å². The topological polar surface area (TPSA) is 105 Å². The smallest absolute Gasteiger partial charge is 0.276 e. The molecule has 0 aromatic carbocycles. The quantitative estimate of drug-likeness (QED) is 0.697. The second kappa shape index (κ2) is 6.93. The van der Waals surface area contributed by atoms with E-state index in [1.807, 2.05) is 4.90 Å². The molecule has 156 valence electrons. The summed E-state index contributed by atoms with van der Waals surface area (Å²) in [6.45, 7) is 2.95. The van der Waals surface area contributed by atoms with Gasteiger partial charge in [0.1, 0.15) is 11.3 Å². The molecule has 1 aliphatic heterocycles. The number of rotatable bonds is 2. The molecule has 1 saturated carbocycles. The number of likely N-dealkylation sites (tertiary alicyclic amines) is 1. The Balaban J connectivity index is 1.38. The van der Waals surface area contributed by atoms with Crippen molar-refractivity contribution in [3.8, 4) is 5.95 Å². The maximum atomic E-state index is 13.1. The summed E-state index contributed by atoms with van der Waals surface area (Å²) in [5.41, 5.74) is 1.05. The van der Waals surface area contributed by atoms with Crippen LogP contribution in [0, 0.1) is 12.3 Å². The zero-order valence-electron chi connectivity index (χ0n) is 16.9. The fourth-order valence-corrected chi connectivity index (χ4v) is 4.85. The van der Waals surface area contributed by atoms with Crippen LogP contribution in [-0.2, 0) is 4.79 Å². The van der Waals surface area contributed by atoms with Crippen LogP contribution in [0.2, 0.25) is 0 Å². The SMILES string of the molecule is Cc1c(C(=O)N2CCC3(CCCCC3=O)CC2)cnn1-c1nn2cccc2c(=O)[nH]1. The Bertz CT molecular complexity index is 1200. The molecule has 5 rings (SSSR count). The van der Waals surface area contributed by atoms with Gasteiger partial charge in [-0.3, -0.25) is 19.4 Å². The molecule has 3 aromatic heterocycles. The second-order valence-electron chi connectivity index (χ2n) is 8.37. The Kier molecular flexibility index (Phi) is 4.34. The lowest BCUT2D eigenvalue weighted by Gasteiger charge is -2.42. The lowest BCUT2D eigenvalue weighted by molar-refractivity contribution is -0.134. The summed E-state index contributed by atoms with van der Waals surface area (Å²) in [6, 6.07) is 3.42. The van der Waals surface area contributed by atoms with E-state index in [9.17, 15) is 14.4 Å². The maximum Gasteiger partial charge on any atom is 0.276 e. The summed E-state index contributed by atoms with van der Waals surface area (Å²) in [5.74, 6) is 0.534. The van der Waals surface area contributed by atoms with Crippen LogP contribution in [0.1, 0.15) is 54.6 Å². The van der Waals surface area contributed by atoms with E-state index in [0.717, 1.165) is 32.1 Å². The number of hydrogen-bond acceptors (Lipinski definition) is 5. The van der Waals surface area contributed by atoms with Crippen LogP contribution in [0.15, 0.2) is 29.3 Å². The van der Waals surface area contributed by atoms with E-state index in [1.54, 1.807) is 25.3 Å². The molecule has 3 aromatic rings. The number of nitrogens with zero attached hydrogens (tertiary/aromatic N) is 5. The Labute approximate surface area is 172 Å². The summed E-state index contributed by atoms with van der Waals surface area (Å²) < 4.78 is 2.96. The van der Waals surface area contributed by atoms with Gasteiger partial charge in [-0.1, -0.05) is 6.42 Å². The Morgan fingerprint density at radius 1 is 1.17 bits per heavy atom. The van der Waals surface area contributed by atoms with Crippen molar-refractivity contribution in [2.75, 3.05) is 13.1 Å². The van der Waals surface area contributed by atoms with Crippen molar-refractivity contribution in [3.05, 3.63) is 46.1 Å². The molecule has 0 radical (unpaired) electrons. The average Bonchev–Trinajstić information content (AvgIpc) is 3.37. The van der Waals surface area contributed by atoms with Crippen molar-refractivity contribution in [1.29, 1.82) is 0 Å². The number of carbonyl (C=O) groups is 2. The molecule has 0 unspecified atom stereocenters. The lowest BCUT2D eigenvalue weighted by atomic mass is 9.67. The van der Waals surface area contributed by atoms with Gasteiger partial charge in [-0.25, -0.2) is 9.20 Å². The Hall–Kier alpha value is -3.23. The van der Waals surface area contributed by atoms with E-state index in [4.69, 9.17) is 0 Å². The fourth-order valence-electron chi connectivity index (χ4n) is 4.85. The fraction of sp³-hybridized carbons (Fsp3) is 0.476. The number of fused-ring (bicyclic) bond motifs is 1. The maximum absolute atomic E-state index is 13.1. The number of ketones is 1. The third kappa shape index (κ3) is 2.88. The van der Waals surface area contributed by atoms with Crippen LogP contribution < -0.4 is 5.56 Å². The van der Waals surface area contributed by atoms with Crippen LogP contribution in [-0.4, -0.2) is 54.1 Å². The Morgan fingerprint density at radius 2 is 1.97 bits per heavy atom. The molecular weight excluding hydrogens is 384 g/mol. The second-order valence-corrected chi connectivity index (χ2v) is 8.37. The number of aromatic amines is 1. The first-order valence-corrected chi connectivity index (χ1v) is 10.4. The summed E-state index contributed by atoms with van der Waals surface area (Å²) in [5, 5.41) is 8.68. The lowest BCUT2D eigenvalue weighted by Crippen LogP contribution is -2.47. The molecule has 9 heteroatoms. The van der Waals surface area contributed by atoms with Crippen LogP contribution in [0.25, 0.3) is 11.5 Å². The molecule has 9 nitrogen and oxygen atoms in total. The van der Waals surface area contributed by atoms with Crippen molar-refractivity contribution in [2.45, 2.75) is 45.4 Å². The standard InChI is InChI=1S/C21H24N6O3/c1-14-15(13-22-27(14)20-23-18(29)16-5-4-10-26(16)24-20)19(30)25-11-8-21(9-12-25)7-3-2-6-17(21)28/h4-5,10,13H,2-3,6-9,11-12H2,1H3,(H,23,24,29). The van der Waals surface area contributed by atoms with Gasteiger partial charge in [-0.2, -0.15) is 5.10 Å². The van der Waals surface area contributed by atoms with Crippen LogP contribution in [0.5, 0.6) is 0 Å². The molecule has 1 spiro atoms. The highest BCUT2D eigenvalue weighted by Gasteiger charge is 2.43. The van der Waals surface area contributed by atoms with Gasteiger partial charge in [-0.05, 0) is 44.7 Å². The van der Waals surface area contributed by atoms with E-state index in [2.05, 4.69) is 15.2 Å².